The number of nitrogens with zero attached hydrogens (tertiary/aromatic N) is 3. The molecule has 0 fully saturated rings. The Labute approximate surface area is 126 Å². The summed E-state index contributed by atoms with van der Waals surface area (Å²) in [5.74, 6) is -0.283. The standard InChI is InChI=1S/C15H13N3O2S/c1-3-20-14(19)9-21-15-11(7-16)12-6-10(2)4-5-18(12)13(15)8-17/h4-6H,3,9H2,1-2H3. The number of hydrogen-bond donors (Lipinski definition) is 0. The summed E-state index contributed by atoms with van der Waals surface area (Å²) in [7, 11) is 0. The SMILES string of the molecule is CCOC(=O)CSc1c(C#N)c2cc(C)ccn2c1C#N. The smallest absolute Gasteiger partial charge is 0.316 e. The molecular formula is C15H13N3O2S. The molecule has 0 unspecified atom stereocenters. The van der Waals surface area contributed by atoms with Gasteiger partial charge < -0.3 is 9.14 Å². The second-order valence-corrected chi connectivity index (χ2v) is 5.31. The number of esters is 1. The molecule has 0 atom stereocenters. The van der Waals surface area contributed by atoms with Gasteiger partial charge in [0, 0.05) is 6.20 Å². The van der Waals surface area contributed by atoms with Crippen molar-refractivity contribution in [2.75, 3.05) is 12.4 Å². The van der Waals surface area contributed by atoms with Crippen LogP contribution < -0.4 is 0 Å². The summed E-state index contributed by atoms with van der Waals surface area (Å²) in [6.07, 6.45) is 1.76. The number of aryl methyl sites for hydroxylation is 1. The number of fused-ring (bicyclic) bond motifs is 1. The normalized spacial score (nSPS) is 10.1. The Morgan fingerprint density at radius 2 is 2.19 bits per heavy atom. The van der Waals surface area contributed by atoms with E-state index in [9.17, 15) is 15.3 Å². The molecule has 2 heterocycles. The van der Waals surface area contributed by atoms with Gasteiger partial charge in [-0.2, -0.15) is 10.5 Å². The fraction of sp³-hybridized carbons (Fsp3) is 0.267. The maximum absolute atomic E-state index is 11.5. The topological polar surface area (TPSA) is 78.3 Å². The van der Waals surface area contributed by atoms with E-state index in [2.05, 4.69) is 12.1 Å². The Morgan fingerprint density at radius 1 is 1.43 bits per heavy atom. The van der Waals surface area contributed by atoms with Crippen molar-refractivity contribution in [1.29, 1.82) is 10.5 Å². The van der Waals surface area contributed by atoms with Gasteiger partial charge in [-0.1, -0.05) is 0 Å². The first kappa shape index (κ1) is 15.0. The summed E-state index contributed by atoms with van der Waals surface area (Å²) >= 11 is 1.16. The highest BCUT2D eigenvalue weighted by molar-refractivity contribution is 8.00. The third kappa shape index (κ3) is 2.86. The minimum atomic E-state index is -0.360. The zero-order valence-corrected chi connectivity index (χ0v) is 12.5. The third-order valence-corrected chi connectivity index (χ3v) is 3.97. The molecule has 5 nitrogen and oxygen atoms in total. The monoisotopic (exact) mass is 299 g/mol. The van der Waals surface area contributed by atoms with E-state index in [0.717, 1.165) is 17.3 Å². The zero-order valence-electron chi connectivity index (χ0n) is 11.7. The van der Waals surface area contributed by atoms with Crippen molar-refractivity contribution in [3.63, 3.8) is 0 Å². The first-order valence-corrected chi connectivity index (χ1v) is 7.34. The van der Waals surface area contributed by atoms with E-state index in [1.807, 2.05) is 19.1 Å². The van der Waals surface area contributed by atoms with Crippen molar-refractivity contribution in [2.45, 2.75) is 18.7 Å². The van der Waals surface area contributed by atoms with Crippen LogP contribution in [0, 0.1) is 29.6 Å². The van der Waals surface area contributed by atoms with Crippen LogP contribution in [0.1, 0.15) is 23.7 Å². The number of carbonyl (C=O) groups excluding carboxylic acids is 1. The van der Waals surface area contributed by atoms with E-state index >= 15 is 0 Å². The van der Waals surface area contributed by atoms with Crippen molar-refractivity contribution < 1.29 is 9.53 Å². The van der Waals surface area contributed by atoms with Gasteiger partial charge >= 0.3 is 5.97 Å². The Morgan fingerprint density at radius 3 is 2.81 bits per heavy atom. The van der Waals surface area contributed by atoms with Gasteiger partial charge in [-0.25, -0.2) is 0 Å². The molecule has 0 radical (unpaired) electrons. The molecule has 0 saturated carbocycles. The second kappa shape index (κ2) is 6.34. The Balaban J connectivity index is 2.50. The van der Waals surface area contributed by atoms with Gasteiger partial charge in [0.25, 0.3) is 0 Å². The predicted molar refractivity (Wildman–Crippen MR) is 78.9 cm³/mol. The van der Waals surface area contributed by atoms with E-state index in [0.29, 0.717) is 28.3 Å². The van der Waals surface area contributed by atoms with Crippen LogP contribution >= 0.6 is 11.8 Å². The number of aromatic nitrogens is 1. The average molecular weight is 299 g/mol. The third-order valence-electron chi connectivity index (χ3n) is 2.91. The highest BCUT2D eigenvalue weighted by atomic mass is 32.2. The maximum Gasteiger partial charge on any atom is 0.316 e. The predicted octanol–water partition coefficient (Wildman–Crippen LogP) is 2.65. The minimum absolute atomic E-state index is 0.0765. The lowest BCUT2D eigenvalue weighted by Gasteiger charge is -2.01. The molecule has 0 amide bonds. The summed E-state index contributed by atoms with van der Waals surface area (Å²) in [6, 6.07) is 7.96. The molecule has 2 rings (SSSR count). The van der Waals surface area contributed by atoms with Crippen LogP contribution in [-0.2, 0) is 9.53 Å². The lowest BCUT2D eigenvalue weighted by atomic mass is 10.2. The first-order chi connectivity index (χ1) is 10.1. The zero-order chi connectivity index (χ0) is 15.4. The fourth-order valence-corrected chi connectivity index (χ4v) is 2.95. The average Bonchev–Trinajstić information content (AvgIpc) is 2.77. The van der Waals surface area contributed by atoms with Crippen LogP contribution in [0.3, 0.4) is 0 Å². The van der Waals surface area contributed by atoms with Crippen molar-refractivity contribution >= 4 is 23.2 Å². The van der Waals surface area contributed by atoms with Crippen molar-refractivity contribution in [3.05, 3.63) is 35.2 Å². The lowest BCUT2D eigenvalue weighted by molar-refractivity contribution is -0.139. The van der Waals surface area contributed by atoms with Crippen LogP contribution in [0.15, 0.2) is 23.2 Å². The van der Waals surface area contributed by atoms with Crippen LogP contribution in [-0.4, -0.2) is 22.7 Å². The molecule has 0 aliphatic carbocycles. The van der Waals surface area contributed by atoms with Crippen LogP contribution in [0.5, 0.6) is 0 Å². The summed E-state index contributed by atoms with van der Waals surface area (Å²) in [6.45, 7) is 3.97. The molecular weight excluding hydrogens is 286 g/mol. The highest BCUT2D eigenvalue weighted by Gasteiger charge is 2.19. The molecule has 2 aromatic heterocycles. The van der Waals surface area contributed by atoms with Crippen LogP contribution in [0.4, 0.5) is 0 Å². The van der Waals surface area contributed by atoms with E-state index in [1.54, 1.807) is 17.5 Å². The largest absolute Gasteiger partial charge is 0.465 e. The maximum atomic E-state index is 11.5. The highest BCUT2D eigenvalue weighted by Crippen LogP contribution is 2.32. The summed E-state index contributed by atoms with van der Waals surface area (Å²) in [5, 5.41) is 18.7. The van der Waals surface area contributed by atoms with Gasteiger partial charge in [0.05, 0.1) is 28.3 Å². The van der Waals surface area contributed by atoms with E-state index in [4.69, 9.17) is 4.74 Å². The molecule has 0 aromatic carbocycles. The summed E-state index contributed by atoms with van der Waals surface area (Å²) in [4.78, 5) is 12.0. The number of carbonyl (C=O) groups is 1. The van der Waals surface area contributed by atoms with Crippen LogP contribution in [0.25, 0.3) is 5.52 Å². The Kier molecular flexibility index (Phi) is 4.52. The van der Waals surface area contributed by atoms with Crippen molar-refractivity contribution in [2.24, 2.45) is 0 Å². The molecule has 2 aromatic rings. The number of ether oxygens (including phenoxy) is 1. The Bertz CT molecular complexity index is 781. The second-order valence-electron chi connectivity index (χ2n) is 4.33. The molecule has 0 aliphatic rings. The van der Waals surface area contributed by atoms with Gasteiger partial charge in [0.15, 0.2) is 0 Å². The quantitative estimate of drug-likeness (QED) is 0.640. The van der Waals surface area contributed by atoms with Crippen molar-refractivity contribution in [3.8, 4) is 12.1 Å². The van der Waals surface area contributed by atoms with Gasteiger partial charge in [-0.3, -0.25) is 4.79 Å². The van der Waals surface area contributed by atoms with E-state index < -0.39 is 0 Å². The fourth-order valence-electron chi connectivity index (χ4n) is 2.02. The summed E-state index contributed by atoms with van der Waals surface area (Å²) < 4.78 is 6.55. The van der Waals surface area contributed by atoms with E-state index in [-0.39, 0.29) is 11.7 Å². The lowest BCUT2D eigenvalue weighted by Crippen LogP contribution is -2.06. The van der Waals surface area contributed by atoms with E-state index in [1.165, 1.54) is 0 Å². The van der Waals surface area contributed by atoms with Gasteiger partial charge in [0.1, 0.15) is 17.8 Å². The number of nitriles is 2. The molecule has 21 heavy (non-hydrogen) atoms. The number of thioether (sulfide) groups is 1. The number of pyridine rings is 1. The molecule has 0 spiro atoms. The molecule has 106 valence electrons. The Hall–Kier alpha value is -2.44. The molecule has 0 aliphatic heterocycles. The molecule has 6 heteroatoms. The van der Waals surface area contributed by atoms with Crippen LogP contribution in [0.2, 0.25) is 0 Å². The first-order valence-electron chi connectivity index (χ1n) is 6.35. The molecule has 0 saturated heterocycles. The van der Waals surface area contributed by atoms with Crippen molar-refractivity contribution in [1.82, 2.24) is 4.40 Å². The summed E-state index contributed by atoms with van der Waals surface area (Å²) in [5.41, 5.74) is 2.48. The minimum Gasteiger partial charge on any atom is -0.465 e. The van der Waals surface area contributed by atoms with Gasteiger partial charge in [-0.05, 0) is 31.5 Å². The number of rotatable bonds is 4. The molecule has 0 bridgehead atoms. The number of hydrogen-bond acceptors (Lipinski definition) is 5. The van der Waals surface area contributed by atoms with Gasteiger partial charge in [-0.15, -0.1) is 11.8 Å². The molecule has 0 N–H and O–H groups in total. The van der Waals surface area contributed by atoms with Gasteiger partial charge in [0.2, 0.25) is 0 Å².